The molecule has 33 heavy (non-hydrogen) atoms. The van der Waals surface area contributed by atoms with Crippen molar-refractivity contribution in [3.05, 3.63) is 65.9 Å². The number of primary amides is 1. The highest BCUT2D eigenvalue weighted by Gasteiger charge is 2.45. The van der Waals surface area contributed by atoms with Crippen LogP contribution < -0.4 is 20.5 Å². The number of carbonyl (C=O) groups excluding carboxylic acids is 3. The van der Waals surface area contributed by atoms with E-state index >= 15 is 0 Å². The van der Waals surface area contributed by atoms with E-state index in [4.69, 9.17) is 5.73 Å². The van der Waals surface area contributed by atoms with Crippen molar-refractivity contribution in [1.29, 1.82) is 0 Å². The first-order valence-electron chi connectivity index (χ1n) is 9.76. The number of ether oxygens (including phenoxy) is 2. The van der Waals surface area contributed by atoms with E-state index in [9.17, 15) is 23.2 Å². The molecule has 1 aliphatic heterocycles. The van der Waals surface area contributed by atoms with E-state index < -0.39 is 29.9 Å². The number of alkyl halides is 2. The van der Waals surface area contributed by atoms with E-state index in [1.165, 1.54) is 36.1 Å². The first-order chi connectivity index (χ1) is 15.6. The molecular weight excluding hydrogens is 438 g/mol. The van der Waals surface area contributed by atoms with Gasteiger partial charge in [-0.2, -0.15) is 5.10 Å². The van der Waals surface area contributed by atoms with Gasteiger partial charge < -0.3 is 20.5 Å². The van der Waals surface area contributed by atoms with Crippen LogP contribution in [0.25, 0.3) is 11.3 Å². The van der Waals surface area contributed by atoms with Crippen molar-refractivity contribution in [3.63, 3.8) is 0 Å². The molecule has 2 heterocycles. The molecule has 1 aliphatic rings. The summed E-state index contributed by atoms with van der Waals surface area (Å²) in [4.78, 5) is 37.0. The lowest BCUT2D eigenvalue weighted by atomic mass is 10.0. The van der Waals surface area contributed by atoms with E-state index in [-0.39, 0.29) is 34.7 Å². The number of ketones is 1. The van der Waals surface area contributed by atoms with Crippen LogP contribution in [0.15, 0.2) is 54.7 Å². The van der Waals surface area contributed by atoms with Crippen LogP contribution in [-0.2, 0) is 23.1 Å². The maximum atomic E-state index is 13.6. The largest absolute Gasteiger partial charge is 0.586 e. The topological polar surface area (TPSA) is 126 Å². The lowest BCUT2D eigenvalue weighted by Gasteiger charge is -2.16. The number of hydrogen-bond acceptors (Lipinski definition) is 6. The quantitative estimate of drug-likeness (QED) is 0.523. The van der Waals surface area contributed by atoms with Crippen LogP contribution in [0.3, 0.4) is 0 Å². The van der Waals surface area contributed by atoms with E-state index in [2.05, 4.69) is 19.9 Å². The fourth-order valence-electron chi connectivity index (χ4n) is 3.48. The Morgan fingerprint density at radius 1 is 1.12 bits per heavy atom. The molecule has 0 radical (unpaired) electrons. The van der Waals surface area contributed by atoms with Gasteiger partial charge in [0.05, 0.1) is 5.56 Å². The molecule has 1 aromatic heterocycles. The Morgan fingerprint density at radius 3 is 2.55 bits per heavy atom. The molecule has 4 rings (SSSR count). The summed E-state index contributed by atoms with van der Waals surface area (Å²) in [6, 6.07) is 11.7. The summed E-state index contributed by atoms with van der Waals surface area (Å²) in [5.74, 6) is -3.41. The summed E-state index contributed by atoms with van der Waals surface area (Å²) in [6.07, 6.45) is -2.48. The third-order valence-corrected chi connectivity index (χ3v) is 4.90. The number of nitrogens with one attached hydrogen (secondary N) is 1. The molecule has 170 valence electrons. The number of hydrogen-bond donors (Lipinski definition) is 2. The van der Waals surface area contributed by atoms with Crippen molar-refractivity contribution in [1.82, 2.24) is 15.1 Å². The molecule has 0 bridgehead atoms. The molecule has 3 aromatic rings. The molecule has 0 spiro atoms. The van der Waals surface area contributed by atoms with Gasteiger partial charge in [0.25, 0.3) is 11.8 Å². The number of aromatic nitrogens is 2. The molecule has 0 aliphatic carbocycles. The van der Waals surface area contributed by atoms with Gasteiger partial charge in [-0.1, -0.05) is 36.4 Å². The van der Waals surface area contributed by atoms with Crippen LogP contribution in [0.4, 0.5) is 8.78 Å². The Labute approximate surface area is 186 Å². The zero-order valence-corrected chi connectivity index (χ0v) is 17.2. The van der Waals surface area contributed by atoms with Gasteiger partial charge in [0.1, 0.15) is 11.7 Å². The van der Waals surface area contributed by atoms with Crippen molar-refractivity contribution in [2.45, 2.75) is 18.8 Å². The SMILES string of the molecule is Cn1cc(C(=O)NC(Cc2ccccc2)C(=O)C(N)=O)c(-c2cccc3c2OC(F)(F)O3)n1. The normalized spacial score (nSPS) is 14.5. The number of para-hydroxylation sites is 1. The predicted molar refractivity (Wildman–Crippen MR) is 110 cm³/mol. The van der Waals surface area contributed by atoms with Crippen molar-refractivity contribution in [2.24, 2.45) is 12.8 Å². The second-order valence-corrected chi connectivity index (χ2v) is 7.31. The van der Waals surface area contributed by atoms with E-state index in [1.807, 2.05) is 0 Å². The van der Waals surface area contributed by atoms with E-state index in [1.54, 1.807) is 30.3 Å². The summed E-state index contributed by atoms with van der Waals surface area (Å²) in [5, 5.41) is 6.70. The summed E-state index contributed by atoms with van der Waals surface area (Å²) in [5.41, 5.74) is 5.94. The molecule has 1 unspecified atom stereocenters. The summed E-state index contributed by atoms with van der Waals surface area (Å²) < 4.78 is 37.6. The lowest BCUT2D eigenvalue weighted by molar-refractivity contribution is -0.286. The average molecular weight is 456 g/mol. The first kappa shape index (κ1) is 21.9. The number of amides is 2. The number of nitrogens with zero attached hydrogens (tertiary/aromatic N) is 2. The zero-order valence-electron chi connectivity index (χ0n) is 17.2. The Hall–Kier alpha value is -4.28. The van der Waals surface area contributed by atoms with Crippen LogP contribution in [0.1, 0.15) is 15.9 Å². The molecule has 9 nitrogen and oxygen atoms in total. The number of nitrogens with two attached hydrogens (primary N) is 1. The number of carbonyl (C=O) groups is 3. The Bertz CT molecular complexity index is 1240. The fourth-order valence-corrected chi connectivity index (χ4v) is 3.48. The molecule has 2 aromatic carbocycles. The zero-order chi connectivity index (χ0) is 23.8. The molecular formula is C22H18F2N4O5. The van der Waals surface area contributed by atoms with Gasteiger partial charge in [-0.15, -0.1) is 8.78 Å². The number of halogens is 2. The highest BCUT2D eigenvalue weighted by atomic mass is 19.3. The Kier molecular flexibility index (Phi) is 5.54. The standard InChI is InChI=1S/C22H18F2N4O5/c1-28-11-14(17(27-28)13-8-5-9-16-19(13)33-22(23,24)32-16)21(31)26-15(18(29)20(25)30)10-12-6-3-2-4-7-12/h2-9,11,15H,10H2,1H3,(H2,25,30)(H,26,31). The van der Waals surface area contributed by atoms with Crippen molar-refractivity contribution in [3.8, 4) is 22.8 Å². The maximum Gasteiger partial charge on any atom is 0.586 e. The number of aryl methyl sites for hydroxylation is 1. The van der Waals surface area contributed by atoms with E-state index in [0.29, 0.717) is 5.56 Å². The van der Waals surface area contributed by atoms with Crippen molar-refractivity contribution >= 4 is 17.6 Å². The second-order valence-electron chi connectivity index (χ2n) is 7.31. The van der Waals surface area contributed by atoms with Gasteiger partial charge in [0.15, 0.2) is 11.5 Å². The molecule has 0 saturated carbocycles. The highest BCUT2D eigenvalue weighted by Crippen LogP contribution is 2.47. The van der Waals surface area contributed by atoms with Gasteiger partial charge in [-0.25, -0.2) is 0 Å². The van der Waals surface area contributed by atoms with E-state index in [0.717, 1.165) is 0 Å². The summed E-state index contributed by atoms with van der Waals surface area (Å²) in [7, 11) is 1.53. The van der Waals surface area contributed by atoms with Gasteiger partial charge in [-0.3, -0.25) is 19.1 Å². The van der Waals surface area contributed by atoms with Crippen LogP contribution in [0.5, 0.6) is 11.5 Å². The second kappa shape index (κ2) is 8.34. The van der Waals surface area contributed by atoms with Crippen molar-refractivity contribution < 1.29 is 32.6 Å². The fraction of sp³-hybridized carbons (Fsp3) is 0.182. The van der Waals surface area contributed by atoms with Crippen LogP contribution in [-0.4, -0.2) is 39.7 Å². The monoisotopic (exact) mass is 456 g/mol. The van der Waals surface area contributed by atoms with Gasteiger partial charge >= 0.3 is 6.29 Å². The van der Waals surface area contributed by atoms with Crippen LogP contribution in [0.2, 0.25) is 0 Å². The highest BCUT2D eigenvalue weighted by molar-refractivity contribution is 6.38. The minimum atomic E-state index is -3.86. The minimum Gasteiger partial charge on any atom is -0.395 e. The summed E-state index contributed by atoms with van der Waals surface area (Å²) in [6.45, 7) is 0. The minimum absolute atomic E-state index is 0.0217. The number of benzene rings is 2. The molecule has 0 saturated heterocycles. The number of fused-ring (bicyclic) bond motifs is 1. The predicted octanol–water partition coefficient (Wildman–Crippen LogP) is 1.80. The Balaban J connectivity index is 1.67. The third kappa shape index (κ3) is 4.52. The van der Waals surface area contributed by atoms with Gasteiger partial charge in [0, 0.05) is 25.2 Å². The van der Waals surface area contributed by atoms with Crippen LogP contribution >= 0.6 is 0 Å². The van der Waals surface area contributed by atoms with Gasteiger partial charge in [-0.05, 0) is 17.7 Å². The Morgan fingerprint density at radius 2 is 1.85 bits per heavy atom. The lowest BCUT2D eigenvalue weighted by Crippen LogP contribution is -2.47. The van der Waals surface area contributed by atoms with Gasteiger partial charge in [0.2, 0.25) is 5.78 Å². The third-order valence-electron chi connectivity index (χ3n) is 4.90. The molecule has 0 fully saturated rings. The maximum absolute atomic E-state index is 13.6. The average Bonchev–Trinajstić information content (AvgIpc) is 3.31. The summed E-state index contributed by atoms with van der Waals surface area (Å²) >= 11 is 0. The smallest absolute Gasteiger partial charge is 0.395 e. The number of Topliss-reactive ketones (excluding diaryl/α,β-unsaturated/α-hetero) is 1. The molecule has 2 amide bonds. The van der Waals surface area contributed by atoms with Crippen molar-refractivity contribution in [2.75, 3.05) is 0 Å². The molecule has 3 N–H and O–H groups in total. The number of rotatable bonds is 7. The molecule has 1 atom stereocenters. The van der Waals surface area contributed by atoms with Crippen LogP contribution in [0, 0.1) is 0 Å². The first-order valence-corrected chi connectivity index (χ1v) is 9.76. The molecule has 11 heteroatoms.